The van der Waals surface area contributed by atoms with E-state index in [1.54, 1.807) is 24.3 Å². The van der Waals surface area contributed by atoms with E-state index >= 15 is 0 Å². The van der Waals surface area contributed by atoms with Gasteiger partial charge in [-0.3, -0.25) is 5.43 Å². The number of nitrogens with zero attached hydrogens (tertiary/aromatic N) is 4. The van der Waals surface area contributed by atoms with Crippen LogP contribution in [0.2, 0.25) is 0 Å². The summed E-state index contributed by atoms with van der Waals surface area (Å²) in [4.78, 5) is 4.16. The molecular weight excluding hydrogens is 264 g/mol. The van der Waals surface area contributed by atoms with E-state index in [0.717, 1.165) is 4.70 Å². The first-order valence-electron chi connectivity index (χ1n) is 5.06. The number of nitrogen functional groups attached to an aromatic ring is 1. The number of fused-ring (bicyclic) bond motifs is 1. The smallest absolute Gasteiger partial charge is 0.237 e. The van der Waals surface area contributed by atoms with Crippen molar-refractivity contribution in [2.45, 2.75) is 0 Å². The van der Waals surface area contributed by atoms with Crippen molar-refractivity contribution in [3.8, 4) is 17.9 Å². The Morgan fingerprint density at radius 3 is 2.84 bits per heavy atom. The first-order chi connectivity index (χ1) is 9.17. The van der Waals surface area contributed by atoms with Gasteiger partial charge in [-0.2, -0.15) is 15.6 Å². The Labute approximate surface area is 112 Å². The molecule has 94 valence electrons. The average molecular weight is 272 g/mol. The summed E-state index contributed by atoms with van der Waals surface area (Å²) in [6, 6.07) is 6.74. The molecule has 0 amide bonds. The van der Waals surface area contributed by atoms with Crippen LogP contribution in [0.25, 0.3) is 10.2 Å². The fourth-order valence-electron chi connectivity index (χ4n) is 1.43. The highest BCUT2D eigenvalue weighted by Crippen LogP contribution is 2.34. The van der Waals surface area contributed by atoms with Crippen molar-refractivity contribution in [3.05, 3.63) is 12.1 Å². The third kappa shape index (κ3) is 2.54. The molecule has 1 heterocycles. The molecule has 0 aliphatic carbocycles. The summed E-state index contributed by atoms with van der Waals surface area (Å²) in [5, 5.41) is 21.3. The van der Waals surface area contributed by atoms with Gasteiger partial charge in [-0.15, -0.1) is 0 Å². The van der Waals surface area contributed by atoms with Gasteiger partial charge in [-0.1, -0.05) is 11.3 Å². The number of nitrogens with two attached hydrogens (primary N) is 1. The number of aromatic nitrogens is 1. The van der Waals surface area contributed by atoms with E-state index in [0.29, 0.717) is 22.1 Å². The van der Waals surface area contributed by atoms with E-state index in [-0.39, 0.29) is 5.71 Å². The second kappa shape index (κ2) is 5.21. The number of rotatable bonds is 3. The number of ether oxygens (including phenoxy) is 1. The number of hydrazone groups is 1. The van der Waals surface area contributed by atoms with Crippen LogP contribution < -0.4 is 15.9 Å². The molecular formula is C11H8N6OS. The third-order valence-electron chi connectivity index (χ3n) is 2.21. The molecule has 0 aliphatic rings. The molecule has 0 atom stereocenters. The fourth-order valence-corrected chi connectivity index (χ4v) is 2.22. The molecule has 0 unspecified atom stereocenters. The number of methoxy groups -OCH3 is 1. The van der Waals surface area contributed by atoms with Crippen molar-refractivity contribution in [2.24, 2.45) is 5.10 Å². The predicted octanol–water partition coefficient (Wildman–Crippen LogP) is 1.70. The quantitative estimate of drug-likeness (QED) is 0.648. The van der Waals surface area contributed by atoms with Gasteiger partial charge >= 0.3 is 0 Å². The van der Waals surface area contributed by atoms with Gasteiger partial charge in [0.25, 0.3) is 0 Å². The SMILES string of the molecule is COc1cc(NN=C(C#N)C#N)cc2sc(N)nc12. The molecule has 0 radical (unpaired) electrons. The Morgan fingerprint density at radius 2 is 2.21 bits per heavy atom. The number of benzene rings is 1. The zero-order valence-corrected chi connectivity index (χ0v) is 10.7. The van der Waals surface area contributed by atoms with Crippen LogP contribution >= 0.6 is 11.3 Å². The highest BCUT2D eigenvalue weighted by molar-refractivity contribution is 7.22. The van der Waals surface area contributed by atoms with Gasteiger partial charge < -0.3 is 10.5 Å². The Balaban J connectivity index is 2.43. The summed E-state index contributed by atoms with van der Waals surface area (Å²) >= 11 is 1.31. The molecule has 1 aromatic carbocycles. The lowest BCUT2D eigenvalue weighted by Gasteiger charge is -2.04. The number of anilines is 2. The monoisotopic (exact) mass is 272 g/mol. The summed E-state index contributed by atoms with van der Waals surface area (Å²) in [5.41, 5.74) is 9.26. The lowest BCUT2D eigenvalue weighted by atomic mass is 10.3. The second-order valence-electron chi connectivity index (χ2n) is 3.37. The van der Waals surface area contributed by atoms with Crippen molar-refractivity contribution in [1.29, 1.82) is 10.5 Å². The lowest BCUT2D eigenvalue weighted by Crippen LogP contribution is -1.97. The maximum atomic E-state index is 8.59. The largest absolute Gasteiger partial charge is 0.494 e. The van der Waals surface area contributed by atoms with Crippen LogP contribution in [0.5, 0.6) is 5.75 Å². The summed E-state index contributed by atoms with van der Waals surface area (Å²) in [6.07, 6.45) is 0. The highest BCUT2D eigenvalue weighted by Gasteiger charge is 2.09. The summed E-state index contributed by atoms with van der Waals surface area (Å²) in [7, 11) is 1.52. The molecule has 7 nitrogen and oxygen atoms in total. The van der Waals surface area contributed by atoms with Gasteiger partial charge in [0.2, 0.25) is 5.71 Å². The molecule has 0 bridgehead atoms. The minimum atomic E-state index is -0.261. The normalized spacial score (nSPS) is 9.42. The number of hydrogen-bond donors (Lipinski definition) is 2. The van der Waals surface area contributed by atoms with Crippen LogP contribution in [0.15, 0.2) is 17.2 Å². The van der Waals surface area contributed by atoms with Crippen LogP contribution in [-0.4, -0.2) is 17.8 Å². The number of nitrogens with one attached hydrogen (secondary N) is 1. The van der Waals surface area contributed by atoms with Crippen LogP contribution in [0.1, 0.15) is 0 Å². The molecule has 8 heteroatoms. The number of hydrogen-bond acceptors (Lipinski definition) is 8. The maximum Gasteiger partial charge on any atom is 0.237 e. The van der Waals surface area contributed by atoms with Crippen molar-refractivity contribution in [2.75, 3.05) is 18.3 Å². The van der Waals surface area contributed by atoms with E-state index in [1.807, 2.05) is 0 Å². The molecule has 2 rings (SSSR count). The van der Waals surface area contributed by atoms with Gasteiger partial charge in [0.05, 0.1) is 17.5 Å². The average Bonchev–Trinajstić information content (AvgIpc) is 2.79. The topological polar surface area (TPSA) is 120 Å². The van der Waals surface area contributed by atoms with Gasteiger partial charge in [-0.25, -0.2) is 4.98 Å². The molecule has 0 saturated carbocycles. The second-order valence-corrected chi connectivity index (χ2v) is 4.44. The van der Waals surface area contributed by atoms with Crippen molar-refractivity contribution >= 4 is 38.1 Å². The Kier molecular flexibility index (Phi) is 3.46. The molecule has 0 fully saturated rings. The molecule has 3 N–H and O–H groups in total. The molecule has 19 heavy (non-hydrogen) atoms. The lowest BCUT2D eigenvalue weighted by molar-refractivity contribution is 0.419. The first kappa shape index (κ1) is 12.6. The molecule has 2 aromatic rings. The predicted molar refractivity (Wildman–Crippen MR) is 72.9 cm³/mol. The molecule has 0 aliphatic heterocycles. The van der Waals surface area contributed by atoms with E-state index in [2.05, 4.69) is 15.5 Å². The zero-order valence-electron chi connectivity index (χ0n) is 9.84. The molecule has 0 saturated heterocycles. The molecule has 0 spiro atoms. The van der Waals surface area contributed by atoms with E-state index in [9.17, 15) is 0 Å². The minimum Gasteiger partial charge on any atom is -0.494 e. The van der Waals surface area contributed by atoms with Crippen LogP contribution in [-0.2, 0) is 0 Å². The van der Waals surface area contributed by atoms with E-state index in [1.165, 1.54) is 18.4 Å². The summed E-state index contributed by atoms with van der Waals surface area (Å²) in [6.45, 7) is 0. The van der Waals surface area contributed by atoms with Gasteiger partial charge in [0.15, 0.2) is 5.13 Å². The minimum absolute atomic E-state index is 0.261. The Hall–Kier alpha value is -2.84. The van der Waals surface area contributed by atoms with Crippen molar-refractivity contribution in [3.63, 3.8) is 0 Å². The van der Waals surface area contributed by atoms with Gasteiger partial charge in [-0.05, 0) is 6.07 Å². The Bertz CT molecular complexity index is 720. The van der Waals surface area contributed by atoms with Crippen LogP contribution in [0, 0.1) is 22.7 Å². The van der Waals surface area contributed by atoms with Gasteiger partial charge in [0.1, 0.15) is 23.4 Å². The number of nitriles is 2. The van der Waals surface area contributed by atoms with E-state index in [4.69, 9.17) is 21.0 Å². The molecule has 1 aromatic heterocycles. The zero-order chi connectivity index (χ0) is 13.8. The van der Waals surface area contributed by atoms with Gasteiger partial charge in [0, 0.05) is 6.07 Å². The third-order valence-corrected chi connectivity index (χ3v) is 3.04. The van der Waals surface area contributed by atoms with Crippen LogP contribution in [0.4, 0.5) is 10.8 Å². The standard InChI is InChI=1S/C11H8N6OS/c1-18-8-2-6(16-17-7(4-12)5-13)3-9-10(8)15-11(14)19-9/h2-3,16H,1H3,(H2,14,15). The maximum absolute atomic E-state index is 8.59. The Morgan fingerprint density at radius 1 is 1.47 bits per heavy atom. The fraction of sp³-hybridized carbons (Fsp3) is 0.0909. The van der Waals surface area contributed by atoms with Crippen molar-refractivity contribution in [1.82, 2.24) is 4.98 Å². The highest BCUT2D eigenvalue weighted by atomic mass is 32.1. The number of thiazole rings is 1. The summed E-state index contributed by atoms with van der Waals surface area (Å²) < 4.78 is 6.04. The first-order valence-corrected chi connectivity index (χ1v) is 5.87. The summed E-state index contributed by atoms with van der Waals surface area (Å²) in [5.74, 6) is 0.540. The van der Waals surface area contributed by atoms with Crippen molar-refractivity contribution < 1.29 is 4.74 Å². The van der Waals surface area contributed by atoms with E-state index < -0.39 is 0 Å². The van der Waals surface area contributed by atoms with Crippen LogP contribution in [0.3, 0.4) is 0 Å².